The van der Waals surface area contributed by atoms with Crippen LogP contribution in [0.1, 0.15) is 30.0 Å². The minimum Gasteiger partial charge on any atom is -0.355 e. The maximum absolute atomic E-state index is 12.2. The Morgan fingerprint density at radius 3 is 2.56 bits per heavy atom. The molecule has 100 valence electrons. The molecule has 0 saturated heterocycles. The molecule has 6 nitrogen and oxygen atoms in total. The molecule has 0 atom stereocenters. The van der Waals surface area contributed by atoms with Crippen molar-refractivity contribution in [2.75, 3.05) is 19.6 Å². The third kappa shape index (κ3) is 3.32. The highest BCUT2D eigenvalue weighted by molar-refractivity contribution is 5.95. The first kappa shape index (κ1) is 14.2. The zero-order valence-electron chi connectivity index (χ0n) is 11.4. The van der Waals surface area contributed by atoms with Crippen LogP contribution in [0.4, 0.5) is 0 Å². The second kappa shape index (κ2) is 6.18. The molecule has 1 heterocycles. The number of nitrogens with one attached hydrogen (secondary N) is 1. The van der Waals surface area contributed by atoms with Gasteiger partial charge in [0, 0.05) is 20.1 Å². The SMILES string of the molecule is CCNC(=O)CN(CC)C(=O)c1cc(C)nn1C. The van der Waals surface area contributed by atoms with Crippen molar-refractivity contribution in [3.63, 3.8) is 0 Å². The lowest BCUT2D eigenvalue weighted by molar-refractivity contribution is -0.121. The lowest BCUT2D eigenvalue weighted by Crippen LogP contribution is -2.41. The van der Waals surface area contributed by atoms with Gasteiger partial charge in [0.25, 0.3) is 5.91 Å². The lowest BCUT2D eigenvalue weighted by Gasteiger charge is -2.19. The molecule has 0 radical (unpaired) electrons. The molecule has 1 aromatic rings. The molecular formula is C12H20N4O2. The van der Waals surface area contributed by atoms with Crippen molar-refractivity contribution in [3.05, 3.63) is 17.5 Å². The number of amides is 2. The molecule has 0 aliphatic rings. The van der Waals surface area contributed by atoms with Gasteiger partial charge in [-0.1, -0.05) is 0 Å². The van der Waals surface area contributed by atoms with E-state index < -0.39 is 0 Å². The Balaban J connectivity index is 2.79. The summed E-state index contributed by atoms with van der Waals surface area (Å²) in [6.45, 7) is 6.65. The van der Waals surface area contributed by atoms with E-state index in [1.807, 2.05) is 20.8 Å². The van der Waals surface area contributed by atoms with E-state index in [0.717, 1.165) is 5.69 Å². The highest BCUT2D eigenvalue weighted by Crippen LogP contribution is 2.06. The van der Waals surface area contributed by atoms with Gasteiger partial charge in [0.2, 0.25) is 5.91 Å². The lowest BCUT2D eigenvalue weighted by atomic mass is 10.3. The van der Waals surface area contributed by atoms with Crippen LogP contribution in [0.3, 0.4) is 0 Å². The Kier molecular flexibility index (Phi) is 4.88. The Morgan fingerprint density at radius 2 is 2.11 bits per heavy atom. The van der Waals surface area contributed by atoms with Crippen LogP contribution in [-0.4, -0.2) is 46.1 Å². The number of carbonyl (C=O) groups excluding carboxylic acids is 2. The van der Waals surface area contributed by atoms with Gasteiger partial charge in [-0.2, -0.15) is 5.10 Å². The number of aryl methyl sites for hydroxylation is 2. The van der Waals surface area contributed by atoms with E-state index >= 15 is 0 Å². The third-order valence-corrected chi connectivity index (χ3v) is 2.60. The minimum absolute atomic E-state index is 0.0768. The molecule has 0 aromatic carbocycles. The van der Waals surface area contributed by atoms with E-state index in [1.165, 1.54) is 9.58 Å². The molecule has 0 aliphatic heterocycles. The molecule has 1 aromatic heterocycles. The van der Waals surface area contributed by atoms with Crippen molar-refractivity contribution in [2.24, 2.45) is 7.05 Å². The van der Waals surface area contributed by atoms with Crippen molar-refractivity contribution in [1.29, 1.82) is 0 Å². The van der Waals surface area contributed by atoms with Crippen LogP contribution >= 0.6 is 0 Å². The van der Waals surface area contributed by atoms with Crippen molar-refractivity contribution < 1.29 is 9.59 Å². The Morgan fingerprint density at radius 1 is 1.44 bits per heavy atom. The van der Waals surface area contributed by atoms with Crippen LogP contribution in [0, 0.1) is 6.92 Å². The van der Waals surface area contributed by atoms with Crippen molar-refractivity contribution in [3.8, 4) is 0 Å². The highest BCUT2D eigenvalue weighted by atomic mass is 16.2. The minimum atomic E-state index is -0.174. The molecule has 0 saturated carbocycles. The van der Waals surface area contributed by atoms with Crippen molar-refractivity contribution in [2.45, 2.75) is 20.8 Å². The number of nitrogens with zero attached hydrogens (tertiary/aromatic N) is 3. The van der Waals surface area contributed by atoms with E-state index in [-0.39, 0.29) is 18.4 Å². The van der Waals surface area contributed by atoms with Crippen LogP contribution in [0.25, 0.3) is 0 Å². The topological polar surface area (TPSA) is 67.2 Å². The Labute approximate surface area is 107 Å². The molecule has 0 bridgehead atoms. The largest absolute Gasteiger partial charge is 0.355 e. The van der Waals surface area contributed by atoms with Crippen LogP contribution < -0.4 is 5.32 Å². The third-order valence-electron chi connectivity index (χ3n) is 2.60. The number of hydrogen-bond donors (Lipinski definition) is 1. The monoisotopic (exact) mass is 252 g/mol. The van der Waals surface area contributed by atoms with Gasteiger partial charge in [-0.05, 0) is 26.8 Å². The predicted octanol–water partition coefficient (Wildman–Crippen LogP) is 0.327. The summed E-state index contributed by atoms with van der Waals surface area (Å²) in [7, 11) is 1.72. The summed E-state index contributed by atoms with van der Waals surface area (Å²) in [6.07, 6.45) is 0. The summed E-state index contributed by atoms with van der Waals surface area (Å²) in [4.78, 5) is 25.2. The summed E-state index contributed by atoms with van der Waals surface area (Å²) in [6, 6.07) is 1.72. The number of hydrogen-bond acceptors (Lipinski definition) is 3. The standard InChI is InChI=1S/C12H20N4O2/c1-5-13-11(17)8-16(6-2)12(18)10-7-9(3)14-15(10)4/h7H,5-6,8H2,1-4H3,(H,13,17). The molecular weight excluding hydrogens is 232 g/mol. The molecule has 18 heavy (non-hydrogen) atoms. The zero-order chi connectivity index (χ0) is 13.7. The molecule has 2 amide bonds. The average Bonchev–Trinajstić information content (AvgIpc) is 2.65. The van der Waals surface area contributed by atoms with Crippen molar-refractivity contribution >= 4 is 11.8 Å². The van der Waals surface area contributed by atoms with Gasteiger partial charge >= 0.3 is 0 Å². The molecule has 0 spiro atoms. The number of likely N-dealkylation sites (N-methyl/N-ethyl adjacent to an activating group) is 2. The average molecular weight is 252 g/mol. The first-order valence-electron chi connectivity index (χ1n) is 6.06. The fourth-order valence-corrected chi connectivity index (χ4v) is 1.73. The normalized spacial score (nSPS) is 10.2. The fraction of sp³-hybridized carbons (Fsp3) is 0.583. The Hall–Kier alpha value is -1.85. The van der Waals surface area contributed by atoms with Gasteiger partial charge in [0.15, 0.2) is 0 Å². The number of aromatic nitrogens is 2. The van der Waals surface area contributed by atoms with Gasteiger partial charge in [0.05, 0.1) is 12.2 Å². The summed E-state index contributed by atoms with van der Waals surface area (Å²) in [5, 5.41) is 6.81. The van der Waals surface area contributed by atoms with Crippen LogP contribution in [0.5, 0.6) is 0 Å². The van der Waals surface area contributed by atoms with Crippen LogP contribution in [-0.2, 0) is 11.8 Å². The van der Waals surface area contributed by atoms with Gasteiger partial charge < -0.3 is 10.2 Å². The van der Waals surface area contributed by atoms with Crippen molar-refractivity contribution in [1.82, 2.24) is 20.0 Å². The second-order valence-electron chi connectivity index (χ2n) is 4.07. The maximum Gasteiger partial charge on any atom is 0.272 e. The predicted molar refractivity (Wildman–Crippen MR) is 68.2 cm³/mol. The first-order valence-corrected chi connectivity index (χ1v) is 6.06. The second-order valence-corrected chi connectivity index (χ2v) is 4.07. The summed E-state index contributed by atoms with van der Waals surface area (Å²) in [5.41, 5.74) is 1.29. The molecule has 0 unspecified atom stereocenters. The maximum atomic E-state index is 12.2. The summed E-state index contributed by atoms with van der Waals surface area (Å²) >= 11 is 0. The van der Waals surface area contributed by atoms with Gasteiger partial charge in [0.1, 0.15) is 5.69 Å². The first-order chi connectivity index (χ1) is 8.49. The van der Waals surface area contributed by atoms with Gasteiger partial charge in [-0.25, -0.2) is 0 Å². The smallest absolute Gasteiger partial charge is 0.272 e. The molecule has 1 N–H and O–H groups in total. The summed E-state index contributed by atoms with van der Waals surface area (Å²) in [5.74, 6) is -0.321. The zero-order valence-corrected chi connectivity index (χ0v) is 11.4. The molecule has 6 heteroatoms. The Bertz CT molecular complexity index is 439. The quantitative estimate of drug-likeness (QED) is 0.821. The fourth-order valence-electron chi connectivity index (χ4n) is 1.73. The van der Waals surface area contributed by atoms with E-state index in [2.05, 4.69) is 10.4 Å². The molecule has 0 fully saturated rings. The highest BCUT2D eigenvalue weighted by Gasteiger charge is 2.20. The van der Waals surface area contributed by atoms with Gasteiger partial charge in [-0.15, -0.1) is 0 Å². The van der Waals surface area contributed by atoms with E-state index in [1.54, 1.807) is 13.1 Å². The summed E-state index contributed by atoms with van der Waals surface area (Å²) < 4.78 is 1.54. The van der Waals surface area contributed by atoms with E-state index in [0.29, 0.717) is 18.8 Å². The number of rotatable bonds is 5. The van der Waals surface area contributed by atoms with Crippen LogP contribution in [0.15, 0.2) is 6.07 Å². The van der Waals surface area contributed by atoms with Gasteiger partial charge in [-0.3, -0.25) is 14.3 Å². The van der Waals surface area contributed by atoms with E-state index in [4.69, 9.17) is 0 Å². The molecule has 0 aliphatic carbocycles. The number of carbonyl (C=O) groups is 2. The van der Waals surface area contributed by atoms with E-state index in [9.17, 15) is 9.59 Å². The molecule has 1 rings (SSSR count). The van der Waals surface area contributed by atoms with Crippen LogP contribution in [0.2, 0.25) is 0 Å².